The van der Waals surface area contributed by atoms with E-state index in [1.165, 1.54) is 0 Å². The van der Waals surface area contributed by atoms with Crippen LogP contribution in [0.3, 0.4) is 0 Å². The molecule has 7 nitrogen and oxygen atoms in total. The number of aryl methyl sites for hydroxylation is 1. The number of carbonyl (C=O) groups excluding carboxylic acids is 1. The van der Waals surface area contributed by atoms with E-state index in [0.717, 1.165) is 46.2 Å². The molecule has 3 heterocycles. The molecular weight excluding hydrogens is 474 g/mol. The first-order valence-electron chi connectivity index (χ1n) is 12.8. The van der Waals surface area contributed by atoms with E-state index in [0.29, 0.717) is 12.2 Å². The summed E-state index contributed by atoms with van der Waals surface area (Å²) in [7, 11) is 1.63. The molecule has 0 spiro atoms. The minimum atomic E-state index is -0.300. The van der Waals surface area contributed by atoms with E-state index in [1.807, 2.05) is 76.3 Å². The monoisotopic (exact) mass is 503 g/mol. The summed E-state index contributed by atoms with van der Waals surface area (Å²) < 4.78 is 9.47. The van der Waals surface area contributed by atoms with Crippen LogP contribution in [0.1, 0.15) is 35.5 Å². The molecule has 2 aromatic heterocycles. The molecule has 1 aliphatic heterocycles. The molecule has 2 amide bonds. The molecule has 3 aromatic carbocycles. The summed E-state index contributed by atoms with van der Waals surface area (Å²) >= 11 is 0. The second-order valence-electron chi connectivity index (χ2n) is 9.25. The van der Waals surface area contributed by atoms with Gasteiger partial charge in [-0.15, -0.1) is 0 Å². The predicted molar refractivity (Wildman–Crippen MR) is 148 cm³/mol. The number of methoxy groups -OCH3 is 1. The lowest BCUT2D eigenvalue weighted by atomic mass is 10.0. The van der Waals surface area contributed by atoms with Crippen LogP contribution in [-0.4, -0.2) is 32.4 Å². The summed E-state index contributed by atoms with van der Waals surface area (Å²) in [5, 5.41) is 8.13. The molecule has 0 saturated carbocycles. The van der Waals surface area contributed by atoms with Crippen molar-refractivity contribution < 1.29 is 9.53 Å². The largest absolute Gasteiger partial charge is 0.497 e. The van der Waals surface area contributed by atoms with Crippen LogP contribution in [0.5, 0.6) is 5.75 Å². The number of aromatic nitrogens is 3. The van der Waals surface area contributed by atoms with Crippen molar-refractivity contribution in [3.05, 3.63) is 126 Å². The van der Waals surface area contributed by atoms with Gasteiger partial charge in [-0.2, -0.15) is 5.10 Å². The van der Waals surface area contributed by atoms with Crippen molar-refractivity contribution in [1.29, 1.82) is 0 Å². The lowest BCUT2D eigenvalue weighted by molar-refractivity contribution is 0.194. The average Bonchev–Trinajstić information content (AvgIpc) is 3.55. The van der Waals surface area contributed by atoms with Crippen LogP contribution in [0.25, 0.3) is 11.5 Å². The van der Waals surface area contributed by atoms with Crippen molar-refractivity contribution >= 4 is 11.7 Å². The fourth-order valence-electron chi connectivity index (χ4n) is 5.20. The fraction of sp³-hybridized carbons (Fsp3) is 0.161. The van der Waals surface area contributed by atoms with E-state index in [1.54, 1.807) is 7.11 Å². The predicted octanol–water partition coefficient (Wildman–Crippen LogP) is 6.37. The maximum Gasteiger partial charge on any atom is 0.322 e. The number of hydrogen-bond donors (Lipinski definition) is 1. The second-order valence-corrected chi connectivity index (χ2v) is 9.25. The standard InChI is InChI=1S/C31H29N5O2/c1-3-27-26-21-35(31(37)32-23-16-18-25(38-2)19-17-23)29(22-11-6-4-7-12-22)28-15-10-20-34(28)30(26)36(33-27)24-13-8-5-9-14-24/h4-20,29H,3,21H2,1-2H3,(H,32,37)/t29-/m0/s1. The Morgan fingerprint density at radius 3 is 2.34 bits per heavy atom. The molecule has 6 rings (SSSR count). The average molecular weight is 504 g/mol. The molecule has 1 atom stereocenters. The number of carbonyl (C=O) groups is 1. The fourth-order valence-corrected chi connectivity index (χ4v) is 5.20. The summed E-state index contributed by atoms with van der Waals surface area (Å²) in [6.45, 7) is 2.52. The lowest BCUT2D eigenvalue weighted by Gasteiger charge is -2.31. The summed E-state index contributed by atoms with van der Waals surface area (Å²) in [6, 6.07) is 31.4. The summed E-state index contributed by atoms with van der Waals surface area (Å²) in [5.74, 6) is 1.71. The Bertz CT molecular complexity index is 1560. The molecule has 1 aliphatic rings. The summed E-state index contributed by atoms with van der Waals surface area (Å²) in [6.07, 6.45) is 2.82. The van der Waals surface area contributed by atoms with Gasteiger partial charge in [0.2, 0.25) is 0 Å². The van der Waals surface area contributed by atoms with E-state index in [9.17, 15) is 4.79 Å². The van der Waals surface area contributed by atoms with Crippen molar-refractivity contribution in [2.24, 2.45) is 0 Å². The highest BCUT2D eigenvalue weighted by molar-refractivity contribution is 5.90. The Labute approximate surface area is 221 Å². The van der Waals surface area contributed by atoms with Crippen LogP contribution >= 0.6 is 0 Å². The number of nitrogens with one attached hydrogen (secondary N) is 1. The van der Waals surface area contributed by atoms with Gasteiger partial charge in [-0.3, -0.25) is 0 Å². The Balaban J connectivity index is 1.51. The molecule has 0 bridgehead atoms. The number of hydrogen-bond acceptors (Lipinski definition) is 3. The molecule has 1 N–H and O–H groups in total. The van der Waals surface area contributed by atoms with Gasteiger partial charge in [0.25, 0.3) is 0 Å². The third-order valence-corrected chi connectivity index (χ3v) is 7.02. The van der Waals surface area contributed by atoms with Crippen LogP contribution in [0.2, 0.25) is 0 Å². The molecule has 0 saturated heterocycles. The molecular formula is C31H29N5O2. The summed E-state index contributed by atoms with van der Waals surface area (Å²) in [5.41, 5.74) is 5.74. The zero-order valence-corrected chi connectivity index (χ0v) is 21.4. The number of nitrogens with zero attached hydrogens (tertiary/aromatic N) is 4. The highest BCUT2D eigenvalue weighted by Crippen LogP contribution is 2.39. The third-order valence-electron chi connectivity index (χ3n) is 7.02. The minimum absolute atomic E-state index is 0.181. The van der Waals surface area contributed by atoms with E-state index in [-0.39, 0.29) is 12.1 Å². The van der Waals surface area contributed by atoms with Crippen LogP contribution in [0.4, 0.5) is 10.5 Å². The number of ether oxygens (including phenoxy) is 1. The second kappa shape index (κ2) is 9.94. The molecule has 38 heavy (non-hydrogen) atoms. The van der Waals surface area contributed by atoms with E-state index < -0.39 is 0 Å². The van der Waals surface area contributed by atoms with Gasteiger partial charge in [0.1, 0.15) is 11.6 Å². The summed E-state index contributed by atoms with van der Waals surface area (Å²) in [4.78, 5) is 15.9. The number of benzene rings is 3. The van der Waals surface area contributed by atoms with Crippen LogP contribution in [0.15, 0.2) is 103 Å². The van der Waals surface area contributed by atoms with Gasteiger partial charge >= 0.3 is 6.03 Å². The smallest absolute Gasteiger partial charge is 0.322 e. The quantitative estimate of drug-likeness (QED) is 0.303. The first kappa shape index (κ1) is 23.6. The van der Waals surface area contributed by atoms with Gasteiger partial charge in [-0.1, -0.05) is 55.5 Å². The maximum absolute atomic E-state index is 14.0. The van der Waals surface area contributed by atoms with E-state index >= 15 is 0 Å². The Kier molecular flexibility index (Phi) is 6.17. The molecule has 0 fully saturated rings. The number of amides is 2. The molecule has 7 heteroatoms. The van der Waals surface area contributed by atoms with Crippen LogP contribution < -0.4 is 10.1 Å². The topological polar surface area (TPSA) is 64.3 Å². The van der Waals surface area contributed by atoms with Crippen molar-refractivity contribution in [2.45, 2.75) is 25.9 Å². The van der Waals surface area contributed by atoms with Crippen molar-refractivity contribution in [3.63, 3.8) is 0 Å². The van der Waals surface area contributed by atoms with Gasteiger partial charge < -0.3 is 19.5 Å². The van der Waals surface area contributed by atoms with Gasteiger partial charge in [-0.25, -0.2) is 9.48 Å². The van der Waals surface area contributed by atoms with Gasteiger partial charge in [0.05, 0.1) is 36.8 Å². The SMILES string of the molecule is CCc1nn(-c2ccccc2)c2c1CN(C(=O)Nc1ccc(OC)cc1)[C@@H](c1ccccc1)c1cccn1-2. The highest BCUT2D eigenvalue weighted by Gasteiger charge is 2.36. The van der Waals surface area contributed by atoms with Gasteiger partial charge in [0, 0.05) is 17.4 Å². The maximum atomic E-state index is 14.0. The number of para-hydroxylation sites is 1. The zero-order chi connectivity index (χ0) is 26.1. The van der Waals surface area contributed by atoms with Gasteiger partial charge in [0.15, 0.2) is 0 Å². The Morgan fingerprint density at radius 2 is 1.66 bits per heavy atom. The Morgan fingerprint density at radius 1 is 0.947 bits per heavy atom. The first-order chi connectivity index (χ1) is 18.7. The Hall–Kier alpha value is -4.78. The van der Waals surface area contributed by atoms with Crippen LogP contribution in [0, 0.1) is 0 Å². The molecule has 5 aromatic rings. The van der Waals surface area contributed by atoms with Crippen molar-refractivity contribution in [3.8, 4) is 17.3 Å². The van der Waals surface area contributed by atoms with Gasteiger partial charge in [-0.05, 0) is 60.5 Å². The third kappa shape index (κ3) is 4.12. The number of urea groups is 1. The minimum Gasteiger partial charge on any atom is -0.497 e. The number of anilines is 1. The first-order valence-corrected chi connectivity index (χ1v) is 12.8. The number of fused-ring (bicyclic) bond motifs is 3. The molecule has 0 unspecified atom stereocenters. The van der Waals surface area contributed by atoms with Crippen molar-refractivity contribution in [1.82, 2.24) is 19.2 Å². The lowest BCUT2D eigenvalue weighted by Crippen LogP contribution is -2.38. The molecule has 0 aliphatic carbocycles. The van der Waals surface area contributed by atoms with Crippen molar-refractivity contribution in [2.75, 3.05) is 12.4 Å². The van der Waals surface area contributed by atoms with E-state index in [2.05, 4.69) is 53.3 Å². The number of rotatable bonds is 5. The molecule has 190 valence electrons. The normalized spacial score (nSPS) is 14.4. The highest BCUT2D eigenvalue weighted by atomic mass is 16.5. The van der Waals surface area contributed by atoms with Crippen LogP contribution in [-0.2, 0) is 13.0 Å². The van der Waals surface area contributed by atoms with E-state index in [4.69, 9.17) is 9.84 Å². The molecule has 0 radical (unpaired) electrons. The zero-order valence-electron chi connectivity index (χ0n) is 21.4.